The van der Waals surface area contributed by atoms with E-state index in [4.69, 9.17) is 4.52 Å². The van der Waals surface area contributed by atoms with Crippen LogP contribution in [0.4, 0.5) is 14.9 Å². The quantitative estimate of drug-likeness (QED) is 0.809. The molecule has 1 fully saturated rings. The van der Waals surface area contributed by atoms with Crippen molar-refractivity contribution in [1.29, 1.82) is 0 Å². The minimum Gasteiger partial charge on any atom is -0.337 e. The maximum Gasteiger partial charge on any atom is 0.332 e. The number of halogens is 1. The summed E-state index contributed by atoms with van der Waals surface area (Å²) in [6.45, 7) is 3.18. The minimum atomic E-state index is -0.679. The number of amides is 3. The van der Waals surface area contributed by atoms with Crippen molar-refractivity contribution in [3.05, 3.63) is 41.8 Å². The molecular formula is C14H13FN4O3. The van der Waals surface area contributed by atoms with Gasteiger partial charge < -0.3 is 4.52 Å². The Morgan fingerprint density at radius 1 is 1.27 bits per heavy atom. The van der Waals surface area contributed by atoms with Crippen molar-refractivity contribution in [1.82, 2.24) is 15.0 Å². The second-order valence-corrected chi connectivity index (χ2v) is 4.96. The molecular weight excluding hydrogens is 291 g/mol. The zero-order valence-corrected chi connectivity index (χ0v) is 12.0. The van der Waals surface area contributed by atoms with Gasteiger partial charge in [0.1, 0.15) is 18.4 Å². The smallest absolute Gasteiger partial charge is 0.332 e. The number of anilines is 1. The molecule has 0 spiro atoms. The molecule has 1 unspecified atom stereocenters. The third-order valence-electron chi connectivity index (χ3n) is 3.42. The lowest BCUT2D eigenvalue weighted by atomic mass is 10.2. The van der Waals surface area contributed by atoms with E-state index >= 15 is 0 Å². The van der Waals surface area contributed by atoms with Crippen LogP contribution in [0.2, 0.25) is 0 Å². The predicted octanol–water partition coefficient (Wildman–Crippen LogP) is 1.87. The Bertz CT molecular complexity index is 728. The zero-order chi connectivity index (χ0) is 15.9. The molecule has 114 valence electrons. The number of aromatic nitrogens is 2. The maximum atomic E-state index is 13.0. The molecule has 7 nitrogen and oxygen atoms in total. The fourth-order valence-corrected chi connectivity index (χ4v) is 2.35. The number of nitrogens with zero attached hydrogens (tertiary/aromatic N) is 4. The normalized spacial score (nSPS) is 18.4. The van der Waals surface area contributed by atoms with Crippen LogP contribution in [0.25, 0.3) is 0 Å². The lowest BCUT2D eigenvalue weighted by Gasteiger charge is -2.18. The maximum absolute atomic E-state index is 13.0. The van der Waals surface area contributed by atoms with E-state index in [-0.39, 0.29) is 18.3 Å². The first-order chi connectivity index (χ1) is 10.5. The van der Waals surface area contributed by atoms with Crippen molar-refractivity contribution in [2.75, 3.05) is 4.90 Å². The van der Waals surface area contributed by atoms with Gasteiger partial charge in [0, 0.05) is 5.69 Å². The molecule has 0 bridgehead atoms. The summed E-state index contributed by atoms with van der Waals surface area (Å²) in [5.41, 5.74) is 0.455. The van der Waals surface area contributed by atoms with Gasteiger partial charge in [0.05, 0.1) is 0 Å². The zero-order valence-electron chi connectivity index (χ0n) is 12.0. The van der Waals surface area contributed by atoms with Crippen molar-refractivity contribution in [3.63, 3.8) is 0 Å². The number of hydrogen-bond acceptors (Lipinski definition) is 5. The molecule has 0 saturated carbocycles. The number of rotatable bonds is 3. The van der Waals surface area contributed by atoms with Crippen LogP contribution >= 0.6 is 0 Å². The summed E-state index contributed by atoms with van der Waals surface area (Å²) in [6, 6.07) is 4.21. The first-order valence-corrected chi connectivity index (χ1v) is 6.66. The van der Waals surface area contributed by atoms with Crippen molar-refractivity contribution in [2.24, 2.45) is 0 Å². The summed E-state index contributed by atoms with van der Waals surface area (Å²) in [6.07, 6.45) is 0. The Hall–Kier alpha value is -2.77. The van der Waals surface area contributed by atoms with Gasteiger partial charge in [-0.3, -0.25) is 14.6 Å². The third-order valence-corrected chi connectivity index (χ3v) is 3.42. The molecule has 1 aromatic heterocycles. The van der Waals surface area contributed by atoms with E-state index in [9.17, 15) is 14.0 Å². The van der Waals surface area contributed by atoms with E-state index in [0.29, 0.717) is 11.5 Å². The highest BCUT2D eigenvalue weighted by molar-refractivity contribution is 6.13. The fraction of sp³-hybridized carbons (Fsp3) is 0.286. The van der Waals surface area contributed by atoms with Crippen LogP contribution < -0.4 is 4.90 Å². The number of carbonyl (C=O) groups excluding carboxylic acids is 2. The van der Waals surface area contributed by atoms with E-state index in [1.807, 2.05) is 0 Å². The SMILES string of the molecule is Cc1noc(CN2C(=O)C(C)N(c3ccc(F)cc3)C2=O)n1. The number of urea groups is 1. The highest BCUT2D eigenvalue weighted by atomic mass is 19.1. The monoisotopic (exact) mass is 304 g/mol. The minimum absolute atomic E-state index is 0.0828. The Morgan fingerprint density at radius 2 is 1.95 bits per heavy atom. The first kappa shape index (κ1) is 14.2. The van der Waals surface area contributed by atoms with E-state index < -0.39 is 17.9 Å². The van der Waals surface area contributed by atoms with Crippen molar-refractivity contribution in [2.45, 2.75) is 26.4 Å². The first-order valence-electron chi connectivity index (χ1n) is 6.66. The third kappa shape index (κ3) is 2.32. The molecule has 1 atom stereocenters. The standard InChI is InChI=1S/C14H13FN4O3/c1-8-13(20)18(7-12-16-9(2)17-22-12)14(21)19(8)11-5-3-10(15)4-6-11/h3-6,8H,7H2,1-2H3. The fourth-order valence-electron chi connectivity index (χ4n) is 2.35. The second-order valence-electron chi connectivity index (χ2n) is 4.96. The van der Waals surface area contributed by atoms with E-state index in [1.54, 1.807) is 13.8 Å². The van der Waals surface area contributed by atoms with E-state index in [2.05, 4.69) is 10.1 Å². The number of imide groups is 1. The van der Waals surface area contributed by atoms with Crippen LogP contribution in [0.15, 0.2) is 28.8 Å². The highest BCUT2D eigenvalue weighted by Crippen LogP contribution is 2.26. The molecule has 0 aliphatic carbocycles. The topological polar surface area (TPSA) is 79.5 Å². The average Bonchev–Trinajstić information content (AvgIpc) is 2.98. The summed E-state index contributed by atoms with van der Waals surface area (Å²) in [5.74, 6) is -0.164. The van der Waals surface area contributed by atoms with Crippen LogP contribution in [0, 0.1) is 12.7 Å². The Morgan fingerprint density at radius 3 is 2.55 bits per heavy atom. The van der Waals surface area contributed by atoms with Crippen LogP contribution in [-0.2, 0) is 11.3 Å². The summed E-state index contributed by atoms with van der Waals surface area (Å²) in [5, 5.41) is 3.62. The molecule has 1 aliphatic heterocycles. The number of aryl methyl sites for hydroxylation is 1. The van der Waals surface area contributed by atoms with Crippen molar-refractivity contribution in [3.8, 4) is 0 Å². The van der Waals surface area contributed by atoms with E-state index in [1.165, 1.54) is 29.2 Å². The van der Waals surface area contributed by atoms with Gasteiger partial charge in [0.25, 0.3) is 5.91 Å². The van der Waals surface area contributed by atoms with Crippen LogP contribution in [0.1, 0.15) is 18.6 Å². The van der Waals surface area contributed by atoms with Gasteiger partial charge in [-0.15, -0.1) is 0 Å². The van der Waals surface area contributed by atoms with E-state index in [0.717, 1.165) is 4.90 Å². The van der Waals surface area contributed by atoms with Crippen LogP contribution in [0.3, 0.4) is 0 Å². The summed E-state index contributed by atoms with van der Waals surface area (Å²) < 4.78 is 17.9. The summed E-state index contributed by atoms with van der Waals surface area (Å²) in [4.78, 5) is 31.1. The highest BCUT2D eigenvalue weighted by Gasteiger charge is 2.43. The number of carbonyl (C=O) groups is 2. The van der Waals surface area contributed by atoms with Gasteiger partial charge in [0.2, 0.25) is 5.89 Å². The molecule has 3 amide bonds. The Balaban J connectivity index is 1.87. The molecule has 3 rings (SSSR count). The van der Waals surface area contributed by atoms with Gasteiger partial charge in [-0.1, -0.05) is 5.16 Å². The lowest BCUT2D eigenvalue weighted by Crippen LogP contribution is -2.33. The largest absolute Gasteiger partial charge is 0.337 e. The molecule has 1 saturated heterocycles. The average molecular weight is 304 g/mol. The second kappa shape index (κ2) is 5.21. The van der Waals surface area contributed by atoms with Crippen molar-refractivity contribution >= 4 is 17.6 Å². The van der Waals surface area contributed by atoms with Gasteiger partial charge >= 0.3 is 6.03 Å². The van der Waals surface area contributed by atoms with Gasteiger partial charge in [0.15, 0.2) is 5.82 Å². The summed E-state index contributed by atoms with van der Waals surface area (Å²) >= 11 is 0. The van der Waals surface area contributed by atoms with Crippen LogP contribution in [0.5, 0.6) is 0 Å². The Kier molecular flexibility index (Phi) is 3.36. The number of benzene rings is 1. The molecule has 2 aromatic rings. The molecule has 2 heterocycles. The molecule has 1 aromatic carbocycles. The lowest BCUT2D eigenvalue weighted by molar-refractivity contribution is -0.127. The Labute approximate surface area is 125 Å². The van der Waals surface area contributed by atoms with Crippen LogP contribution in [-0.4, -0.2) is 33.0 Å². The molecule has 22 heavy (non-hydrogen) atoms. The summed E-state index contributed by atoms with van der Waals surface area (Å²) in [7, 11) is 0. The van der Waals surface area contributed by atoms with Crippen molar-refractivity contribution < 1.29 is 18.5 Å². The van der Waals surface area contributed by atoms with Gasteiger partial charge in [-0.05, 0) is 38.1 Å². The number of hydrogen-bond donors (Lipinski definition) is 0. The predicted molar refractivity (Wildman–Crippen MR) is 73.3 cm³/mol. The molecule has 1 aliphatic rings. The van der Waals surface area contributed by atoms with Gasteiger partial charge in [-0.25, -0.2) is 9.18 Å². The molecule has 0 N–H and O–H groups in total. The molecule has 0 radical (unpaired) electrons. The molecule has 8 heteroatoms. The van der Waals surface area contributed by atoms with Gasteiger partial charge in [-0.2, -0.15) is 4.98 Å².